The van der Waals surface area contributed by atoms with E-state index in [0.717, 1.165) is 11.6 Å². The fraction of sp³-hybridized carbons (Fsp3) is 0.0714. The van der Waals surface area contributed by atoms with Crippen LogP contribution in [0.25, 0.3) is 0 Å². The monoisotopic (exact) mass is 277 g/mol. The summed E-state index contributed by atoms with van der Waals surface area (Å²) in [7, 11) is 0. The predicted molar refractivity (Wildman–Crippen MR) is 73.3 cm³/mol. The molecule has 0 spiro atoms. The molecule has 0 aliphatic rings. The number of amides is 1. The minimum Gasteiger partial charge on any atom is -0.323 e. The van der Waals surface area contributed by atoms with Crippen molar-refractivity contribution < 1.29 is 13.6 Å². The molecule has 0 aliphatic carbocycles. The highest BCUT2D eigenvalue weighted by atomic mass is 19.2. The van der Waals surface area contributed by atoms with Crippen molar-refractivity contribution in [2.45, 2.75) is 6.92 Å². The van der Waals surface area contributed by atoms with Crippen molar-refractivity contribution in [2.75, 3.05) is 10.7 Å². The average molecular weight is 277 g/mol. The Morgan fingerprint density at radius 1 is 1.15 bits per heavy atom. The normalized spacial score (nSPS) is 10.2. The second kappa shape index (κ2) is 5.66. The molecule has 0 atom stereocenters. The number of rotatable bonds is 3. The van der Waals surface area contributed by atoms with Crippen LogP contribution in [0.15, 0.2) is 36.4 Å². The molecule has 0 unspecified atom stereocenters. The maximum Gasteiger partial charge on any atom is 0.257 e. The molecule has 2 aromatic rings. The van der Waals surface area contributed by atoms with Gasteiger partial charge in [0.25, 0.3) is 5.91 Å². The second-order valence-electron chi connectivity index (χ2n) is 4.25. The van der Waals surface area contributed by atoms with Gasteiger partial charge in [0.05, 0.1) is 16.9 Å². The Balaban J connectivity index is 2.31. The highest BCUT2D eigenvalue weighted by Gasteiger charge is 2.14. The third kappa shape index (κ3) is 2.75. The molecule has 104 valence electrons. The standard InChI is InChI=1S/C14H13F2N3O/c1-8-5-6-9(12(7-8)19-17)14(20)18-11-4-2-3-10(15)13(11)16/h2-7,19H,17H2,1H3,(H,18,20). The number of anilines is 2. The van der Waals surface area contributed by atoms with E-state index in [0.29, 0.717) is 5.69 Å². The van der Waals surface area contributed by atoms with Crippen LogP contribution >= 0.6 is 0 Å². The lowest BCUT2D eigenvalue weighted by atomic mass is 10.1. The van der Waals surface area contributed by atoms with Crippen LogP contribution in [-0.4, -0.2) is 5.91 Å². The molecule has 4 N–H and O–H groups in total. The van der Waals surface area contributed by atoms with E-state index >= 15 is 0 Å². The summed E-state index contributed by atoms with van der Waals surface area (Å²) in [6, 6.07) is 8.51. The molecule has 0 fully saturated rings. The summed E-state index contributed by atoms with van der Waals surface area (Å²) in [5, 5.41) is 2.31. The number of aryl methyl sites for hydroxylation is 1. The fourth-order valence-corrected chi connectivity index (χ4v) is 1.77. The van der Waals surface area contributed by atoms with E-state index in [-0.39, 0.29) is 11.3 Å². The van der Waals surface area contributed by atoms with Crippen LogP contribution < -0.4 is 16.6 Å². The van der Waals surface area contributed by atoms with Gasteiger partial charge in [-0.05, 0) is 36.8 Å². The van der Waals surface area contributed by atoms with E-state index in [9.17, 15) is 13.6 Å². The largest absolute Gasteiger partial charge is 0.323 e. The summed E-state index contributed by atoms with van der Waals surface area (Å²) >= 11 is 0. The number of benzene rings is 2. The summed E-state index contributed by atoms with van der Waals surface area (Å²) in [4.78, 5) is 12.1. The Morgan fingerprint density at radius 3 is 2.60 bits per heavy atom. The van der Waals surface area contributed by atoms with Crippen LogP contribution in [0.1, 0.15) is 15.9 Å². The molecule has 0 saturated heterocycles. The molecule has 2 rings (SSSR count). The Bertz CT molecular complexity index is 659. The number of hydrogen-bond donors (Lipinski definition) is 3. The zero-order chi connectivity index (χ0) is 14.7. The van der Waals surface area contributed by atoms with Crippen molar-refractivity contribution in [2.24, 2.45) is 5.84 Å². The first-order chi connectivity index (χ1) is 9.52. The predicted octanol–water partition coefficient (Wildman–Crippen LogP) is 2.81. The molecule has 0 radical (unpaired) electrons. The van der Waals surface area contributed by atoms with Crippen molar-refractivity contribution in [1.82, 2.24) is 0 Å². The maximum atomic E-state index is 13.5. The first kappa shape index (κ1) is 14.0. The van der Waals surface area contributed by atoms with Crippen LogP contribution in [0.2, 0.25) is 0 Å². The third-order valence-corrected chi connectivity index (χ3v) is 2.77. The topological polar surface area (TPSA) is 67.2 Å². The quantitative estimate of drug-likeness (QED) is 0.597. The summed E-state index contributed by atoms with van der Waals surface area (Å²) in [5.41, 5.74) is 3.73. The van der Waals surface area contributed by atoms with Crippen molar-refractivity contribution in [3.8, 4) is 0 Å². The van der Waals surface area contributed by atoms with Gasteiger partial charge in [-0.3, -0.25) is 10.6 Å². The number of carbonyl (C=O) groups excluding carboxylic acids is 1. The van der Waals surface area contributed by atoms with Crippen molar-refractivity contribution in [3.63, 3.8) is 0 Å². The van der Waals surface area contributed by atoms with Crippen LogP contribution in [0.4, 0.5) is 20.2 Å². The Hall–Kier alpha value is -2.47. The number of hydrazine groups is 1. The van der Waals surface area contributed by atoms with Gasteiger partial charge in [0.2, 0.25) is 0 Å². The summed E-state index contributed by atoms with van der Waals surface area (Å²) in [6.07, 6.45) is 0. The number of hydrogen-bond acceptors (Lipinski definition) is 3. The first-order valence-electron chi connectivity index (χ1n) is 5.85. The Morgan fingerprint density at radius 2 is 1.90 bits per heavy atom. The molecule has 0 aliphatic heterocycles. The molecule has 20 heavy (non-hydrogen) atoms. The van der Waals surface area contributed by atoms with E-state index in [1.54, 1.807) is 18.2 Å². The number of halogens is 2. The molecule has 0 heterocycles. The Labute approximate surface area is 114 Å². The highest BCUT2D eigenvalue weighted by Crippen LogP contribution is 2.21. The molecule has 6 heteroatoms. The Kier molecular flexibility index (Phi) is 3.95. The minimum absolute atomic E-state index is 0.224. The zero-order valence-corrected chi connectivity index (χ0v) is 10.7. The van der Waals surface area contributed by atoms with E-state index in [4.69, 9.17) is 5.84 Å². The minimum atomic E-state index is -1.10. The van der Waals surface area contributed by atoms with Gasteiger partial charge in [-0.2, -0.15) is 0 Å². The lowest BCUT2D eigenvalue weighted by molar-refractivity contribution is 0.102. The third-order valence-electron chi connectivity index (χ3n) is 2.77. The van der Waals surface area contributed by atoms with Crippen LogP contribution in [0, 0.1) is 18.6 Å². The number of nitrogens with one attached hydrogen (secondary N) is 2. The maximum absolute atomic E-state index is 13.5. The van der Waals surface area contributed by atoms with Crippen LogP contribution in [0.3, 0.4) is 0 Å². The molecule has 0 bridgehead atoms. The van der Waals surface area contributed by atoms with Crippen LogP contribution in [-0.2, 0) is 0 Å². The van der Waals surface area contributed by atoms with Gasteiger partial charge < -0.3 is 10.7 Å². The molecular weight excluding hydrogens is 264 g/mol. The zero-order valence-electron chi connectivity index (χ0n) is 10.7. The van der Waals surface area contributed by atoms with Crippen molar-refractivity contribution >= 4 is 17.3 Å². The molecule has 2 aromatic carbocycles. The molecule has 0 saturated carbocycles. The van der Waals surface area contributed by atoms with E-state index in [2.05, 4.69) is 10.7 Å². The molecule has 0 aromatic heterocycles. The SMILES string of the molecule is Cc1ccc(C(=O)Nc2cccc(F)c2F)c(NN)c1. The van der Waals surface area contributed by atoms with Gasteiger partial charge in [0.15, 0.2) is 11.6 Å². The number of nitrogens with two attached hydrogens (primary N) is 1. The number of nitrogen functional groups attached to an aromatic ring is 1. The second-order valence-corrected chi connectivity index (χ2v) is 4.25. The summed E-state index contributed by atoms with van der Waals surface area (Å²) < 4.78 is 26.6. The molecular formula is C14H13F2N3O. The van der Waals surface area contributed by atoms with E-state index < -0.39 is 17.5 Å². The van der Waals surface area contributed by atoms with Gasteiger partial charge in [-0.15, -0.1) is 0 Å². The average Bonchev–Trinajstić information content (AvgIpc) is 2.43. The molecule has 4 nitrogen and oxygen atoms in total. The first-order valence-corrected chi connectivity index (χ1v) is 5.85. The van der Waals surface area contributed by atoms with Gasteiger partial charge in [-0.1, -0.05) is 12.1 Å². The highest BCUT2D eigenvalue weighted by molar-refractivity contribution is 6.08. The smallest absolute Gasteiger partial charge is 0.257 e. The lowest BCUT2D eigenvalue weighted by Gasteiger charge is -2.11. The molecule has 1 amide bonds. The van der Waals surface area contributed by atoms with Gasteiger partial charge in [0.1, 0.15) is 0 Å². The van der Waals surface area contributed by atoms with E-state index in [1.807, 2.05) is 6.92 Å². The lowest BCUT2D eigenvalue weighted by Crippen LogP contribution is -2.18. The van der Waals surface area contributed by atoms with Crippen LogP contribution in [0.5, 0.6) is 0 Å². The van der Waals surface area contributed by atoms with Crippen molar-refractivity contribution in [3.05, 3.63) is 59.2 Å². The van der Waals surface area contributed by atoms with Gasteiger partial charge in [-0.25, -0.2) is 8.78 Å². The summed E-state index contributed by atoms with van der Waals surface area (Å²) in [6.45, 7) is 1.84. The van der Waals surface area contributed by atoms with Gasteiger partial charge >= 0.3 is 0 Å². The summed E-state index contributed by atoms with van der Waals surface area (Å²) in [5.74, 6) is 2.63. The number of carbonyl (C=O) groups is 1. The van der Waals surface area contributed by atoms with Gasteiger partial charge in [0, 0.05) is 0 Å². The van der Waals surface area contributed by atoms with E-state index in [1.165, 1.54) is 12.1 Å². The van der Waals surface area contributed by atoms with Crippen molar-refractivity contribution in [1.29, 1.82) is 0 Å². The fourth-order valence-electron chi connectivity index (χ4n) is 1.77.